The number of thiazole rings is 1. The fourth-order valence-electron chi connectivity index (χ4n) is 1.18. The number of nitrogens with one attached hydrogen (secondary N) is 2. The molecule has 0 aliphatic heterocycles. The molecular formula is C8H13N3OS. The monoisotopic (exact) mass is 199 g/mol. The average molecular weight is 199 g/mol. The number of aromatic nitrogens is 1. The van der Waals surface area contributed by atoms with Crippen molar-refractivity contribution in [1.29, 1.82) is 0 Å². The number of rotatable bonds is 4. The third-order valence-corrected chi connectivity index (χ3v) is 2.97. The summed E-state index contributed by atoms with van der Waals surface area (Å²) in [6.45, 7) is 1.54. The maximum Gasteiger partial charge on any atom is 0.304 e. The quantitative estimate of drug-likeness (QED) is 0.640. The molecular weight excluding hydrogens is 186 g/mol. The number of nitrogens with two attached hydrogens (primary N) is 1. The van der Waals surface area contributed by atoms with Crippen molar-refractivity contribution in [2.75, 3.05) is 6.54 Å². The highest BCUT2D eigenvalue weighted by Crippen LogP contribution is 2.30. The first-order chi connectivity index (χ1) is 6.18. The van der Waals surface area contributed by atoms with E-state index in [0.29, 0.717) is 6.54 Å². The van der Waals surface area contributed by atoms with Gasteiger partial charge in [-0.2, -0.15) is 0 Å². The lowest BCUT2D eigenvalue weighted by molar-refractivity contribution is 0.565. The van der Waals surface area contributed by atoms with Gasteiger partial charge in [-0.05, 0) is 12.8 Å². The summed E-state index contributed by atoms with van der Waals surface area (Å²) in [5.74, 6) is 0. The molecule has 13 heavy (non-hydrogen) atoms. The highest BCUT2D eigenvalue weighted by Gasteiger charge is 2.37. The molecule has 1 aromatic heterocycles. The van der Waals surface area contributed by atoms with Crippen LogP contribution in [0, 0.1) is 0 Å². The minimum atomic E-state index is 0.00526. The van der Waals surface area contributed by atoms with Crippen molar-refractivity contribution in [2.45, 2.75) is 24.9 Å². The van der Waals surface area contributed by atoms with Gasteiger partial charge in [-0.25, -0.2) is 0 Å². The van der Waals surface area contributed by atoms with E-state index in [1.54, 1.807) is 0 Å². The van der Waals surface area contributed by atoms with Crippen molar-refractivity contribution in [2.24, 2.45) is 5.73 Å². The van der Waals surface area contributed by atoms with Crippen molar-refractivity contribution in [3.63, 3.8) is 0 Å². The smallest absolute Gasteiger partial charge is 0.304 e. The lowest BCUT2D eigenvalue weighted by Crippen LogP contribution is -2.35. The Bertz CT molecular complexity index is 339. The van der Waals surface area contributed by atoms with Gasteiger partial charge in [-0.3, -0.25) is 4.79 Å². The Hall–Kier alpha value is -0.650. The SMILES string of the molecule is NC1(CNCc2csc(=O)[nH]2)CC1. The van der Waals surface area contributed by atoms with E-state index in [4.69, 9.17) is 5.73 Å². The molecule has 2 rings (SSSR count). The molecule has 1 aromatic rings. The number of hydrogen-bond donors (Lipinski definition) is 3. The minimum Gasteiger partial charge on any atom is -0.324 e. The molecule has 1 aliphatic rings. The van der Waals surface area contributed by atoms with Crippen LogP contribution < -0.4 is 15.9 Å². The first-order valence-corrected chi connectivity index (χ1v) is 5.22. The van der Waals surface area contributed by atoms with Crippen molar-refractivity contribution < 1.29 is 0 Å². The van der Waals surface area contributed by atoms with Gasteiger partial charge in [0.1, 0.15) is 0 Å². The molecule has 0 saturated heterocycles. The van der Waals surface area contributed by atoms with Crippen LogP contribution in [0.3, 0.4) is 0 Å². The van der Waals surface area contributed by atoms with E-state index in [1.807, 2.05) is 5.38 Å². The normalized spacial score (nSPS) is 18.8. The summed E-state index contributed by atoms with van der Waals surface area (Å²) in [5.41, 5.74) is 6.87. The summed E-state index contributed by atoms with van der Waals surface area (Å²) in [4.78, 5) is 13.5. The van der Waals surface area contributed by atoms with Gasteiger partial charge in [0.25, 0.3) is 0 Å². The molecule has 1 saturated carbocycles. The van der Waals surface area contributed by atoms with E-state index in [1.165, 1.54) is 11.3 Å². The summed E-state index contributed by atoms with van der Waals surface area (Å²) in [6.07, 6.45) is 2.22. The predicted molar refractivity (Wildman–Crippen MR) is 52.8 cm³/mol. The first-order valence-electron chi connectivity index (χ1n) is 4.34. The Morgan fingerprint density at radius 3 is 3.00 bits per heavy atom. The number of hydrogen-bond acceptors (Lipinski definition) is 4. The molecule has 1 heterocycles. The highest BCUT2D eigenvalue weighted by molar-refractivity contribution is 7.07. The molecule has 0 amide bonds. The standard InChI is InChI=1S/C8H13N3OS/c9-8(1-2-8)5-10-3-6-4-13-7(12)11-6/h4,10H,1-3,5,9H2,(H,11,12). The van der Waals surface area contributed by atoms with Crippen LogP contribution >= 0.6 is 11.3 Å². The molecule has 0 aromatic carbocycles. The van der Waals surface area contributed by atoms with Gasteiger partial charge in [0.05, 0.1) is 0 Å². The van der Waals surface area contributed by atoms with E-state index in [9.17, 15) is 4.79 Å². The van der Waals surface area contributed by atoms with Crippen LogP contribution in [0.2, 0.25) is 0 Å². The van der Waals surface area contributed by atoms with Gasteiger partial charge in [0.15, 0.2) is 0 Å². The molecule has 5 heteroatoms. The van der Waals surface area contributed by atoms with Gasteiger partial charge in [-0.15, -0.1) is 0 Å². The minimum absolute atomic E-state index is 0.00526. The van der Waals surface area contributed by atoms with E-state index in [-0.39, 0.29) is 10.4 Å². The molecule has 0 bridgehead atoms. The highest BCUT2D eigenvalue weighted by atomic mass is 32.1. The molecule has 1 fully saturated rings. The fourth-order valence-corrected chi connectivity index (χ4v) is 1.77. The van der Waals surface area contributed by atoms with E-state index in [2.05, 4.69) is 10.3 Å². The molecule has 1 aliphatic carbocycles. The van der Waals surface area contributed by atoms with Crippen LogP contribution in [0.1, 0.15) is 18.5 Å². The van der Waals surface area contributed by atoms with Crippen LogP contribution in [-0.4, -0.2) is 17.1 Å². The summed E-state index contributed by atoms with van der Waals surface area (Å²) >= 11 is 1.20. The maximum atomic E-state index is 10.8. The van der Waals surface area contributed by atoms with Gasteiger partial charge in [-0.1, -0.05) is 11.3 Å². The zero-order valence-corrected chi connectivity index (χ0v) is 8.12. The average Bonchev–Trinajstić information content (AvgIpc) is 2.65. The van der Waals surface area contributed by atoms with Crippen LogP contribution in [0.5, 0.6) is 0 Å². The van der Waals surface area contributed by atoms with Crippen molar-refractivity contribution >= 4 is 11.3 Å². The zero-order valence-electron chi connectivity index (χ0n) is 7.30. The summed E-state index contributed by atoms with van der Waals surface area (Å²) in [7, 11) is 0. The van der Waals surface area contributed by atoms with Crippen LogP contribution in [0.15, 0.2) is 10.2 Å². The Balaban J connectivity index is 1.76. The number of aromatic amines is 1. The topological polar surface area (TPSA) is 70.9 Å². The predicted octanol–water partition coefficient (Wildman–Crippen LogP) is 0.0173. The number of H-pyrrole nitrogens is 1. The second kappa shape index (κ2) is 3.25. The summed E-state index contributed by atoms with van der Waals surface area (Å²) in [6, 6.07) is 0. The van der Waals surface area contributed by atoms with E-state index in [0.717, 1.165) is 25.1 Å². The molecule has 72 valence electrons. The molecule has 4 N–H and O–H groups in total. The second-order valence-electron chi connectivity index (χ2n) is 3.64. The first kappa shape index (κ1) is 8.93. The molecule has 0 radical (unpaired) electrons. The maximum absolute atomic E-state index is 10.8. The summed E-state index contributed by atoms with van der Waals surface area (Å²) in [5, 5.41) is 5.07. The van der Waals surface area contributed by atoms with Crippen molar-refractivity contribution in [3.05, 3.63) is 20.7 Å². The third-order valence-electron chi connectivity index (χ3n) is 2.26. The van der Waals surface area contributed by atoms with Crippen LogP contribution in [0.25, 0.3) is 0 Å². The Kier molecular flexibility index (Phi) is 2.23. The zero-order chi connectivity index (χ0) is 9.31. The molecule has 4 nitrogen and oxygen atoms in total. The van der Waals surface area contributed by atoms with Gasteiger partial charge in [0.2, 0.25) is 0 Å². The van der Waals surface area contributed by atoms with Crippen LogP contribution in [0.4, 0.5) is 0 Å². The Morgan fingerprint density at radius 2 is 2.46 bits per heavy atom. The largest absolute Gasteiger partial charge is 0.324 e. The van der Waals surface area contributed by atoms with Gasteiger partial charge < -0.3 is 16.0 Å². The lowest BCUT2D eigenvalue weighted by Gasteiger charge is -2.08. The van der Waals surface area contributed by atoms with Crippen LogP contribution in [-0.2, 0) is 6.54 Å². The van der Waals surface area contributed by atoms with E-state index < -0.39 is 0 Å². The van der Waals surface area contributed by atoms with Crippen molar-refractivity contribution in [3.8, 4) is 0 Å². The van der Waals surface area contributed by atoms with E-state index >= 15 is 0 Å². The van der Waals surface area contributed by atoms with Gasteiger partial charge >= 0.3 is 4.87 Å². The van der Waals surface area contributed by atoms with Gasteiger partial charge in [0, 0.05) is 29.7 Å². The third kappa shape index (κ3) is 2.40. The lowest BCUT2D eigenvalue weighted by atomic mass is 10.3. The Morgan fingerprint density at radius 1 is 1.69 bits per heavy atom. The second-order valence-corrected chi connectivity index (χ2v) is 4.48. The molecule has 0 spiro atoms. The fraction of sp³-hybridized carbons (Fsp3) is 0.625. The molecule has 0 unspecified atom stereocenters. The van der Waals surface area contributed by atoms with Crippen molar-refractivity contribution in [1.82, 2.24) is 10.3 Å². The Labute approximate surface area is 80.2 Å². The molecule has 0 atom stereocenters. The summed E-state index contributed by atoms with van der Waals surface area (Å²) < 4.78 is 0.